The lowest BCUT2D eigenvalue weighted by molar-refractivity contribution is 0.0947. The Morgan fingerprint density at radius 3 is 2.43 bits per heavy atom. The van der Waals surface area contributed by atoms with Crippen molar-refractivity contribution >= 4 is 11.6 Å². The molecule has 0 radical (unpaired) electrons. The third kappa shape index (κ3) is 3.81. The van der Waals surface area contributed by atoms with Gasteiger partial charge in [0.25, 0.3) is 5.91 Å². The highest BCUT2D eigenvalue weighted by Crippen LogP contribution is 2.15. The maximum atomic E-state index is 13.6. The molecule has 0 atom stereocenters. The molecule has 0 saturated carbocycles. The number of nitrogen functional groups attached to an aromatic ring is 1. The molecule has 3 nitrogen and oxygen atoms in total. The average molecular weight is 286 g/mol. The van der Waals surface area contributed by atoms with Crippen LogP contribution in [0.15, 0.2) is 42.5 Å². The number of halogens is 1. The second-order valence-corrected chi connectivity index (χ2v) is 5.32. The molecule has 0 aromatic heterocycles. The van der Waals surface area contributed by atoms with Gasteiger partial charge >= 0.3 is 0 Å². The van der Waals surface area contributed by atoms with Gasteiger partial charge in [-0.25, -0.2) is 4.39 Å². The zero-order chi connectivity index (χ0) is 15.4. The summed E-state index contributed by atoms with van der Waals surface area (Å²) in [4.78, 5) is 11.9. The summed E-state index contributed by atoms with van der Waals surface area (Å²) in [6.45, 7) is 4.61. The maximum absolute atomic E-state index is 13.6. The van der Waals surface area contributed by atoms with E-state index in [1.165, 1.54) is 17.7 Å². The van der Waals surface area contributed by atoms with Crippen LogP contribution in [0.25, 0.3) is 0 Å². The zero-order valence-corrected chi connectivity index (χ0v) is 12.2. The normalized spacial score (nSPS) is 10.7. The van der Waals surface area contributed by atoms with Crippen molar-refractivity contribution in [2.75, 3.05) is 5.73 Å². The number of nitrogens with two attached hydrogens (primary N) is 1. The van der Waals surface area contributed by atoms with Crippen LogP contribution < -0.4 is 11.1 Å². The summed E-state index contributed by atoms with van der Waals surface area (Å²) in [7, 11) is 0. The molecule has 0 fully saturated rings. The molecule has 0 aliphatic heterocycles. The Balaban J connectivity index is 2.00. The van der Waals surface area contributed by atoms with Crippen LogP contribution in [0.2, 0.25) is 0 Å². The monoisotopic (exact) mass is 286 g/mol. The first kappa shape index (κ1) is 15.0. The maximum Gasteiger partial charge on any atom is 0.254 e. The number of rotatable bonds is 4. The molecule has 0 saturated heterocycles. The van der Waals surface area contributed by atoms with Gasteiger partial charge in [0.1, 0.15) is 5.82 Å². The van der Waals surface area contributed by atoms with Crippen LogP contribution in [0.1, 0.15) is 41.3 Å². The van der Waals surface area contributed by atoms with E-state index in [4.69, 9.17) is 5.73 Å². The summed E-state index contributed by atoms with van der Waals surface area (Å²) in [5, 5.41) is 2.70. The van der Waals surface area contributed by atoms with E-state index in [2.05, 4.69) is 19.2 Å². The zero-order valence-electron chi connectivity index (χ0n) is 12.2. The molecule has 21 heavy (non-hydrogen) atoms. The van der Waals surface area contributed by atoms with Gasteiger partial charge in [-0.15, -0.1) is 0 Å². The summed E-state index contributed by atoms with van der Waals surface area (Å²) in [5.74, 6) is -0.583. The van der Waals surface area contributed by atoms with Gasteiger partial charge in [0.15, 0.2) is 0 Å². The van der Waals surface area contributed by atoms with Crippen LogP contribution in [0, 0.1) is 5.82 Å². The number of benzene rings is 2. The number of anilines is 1. The van der Waals surface area contributed by atoms with Gasteiger partial charge in [-0.3, -0.25) is 4.79 Å². The van der Waals surface area contributed by atoms with Gasteiger partial charge in [0, 0.05) is 12.2 Å². The number of amides is 1. The van der Waals surface area contributed by atoms with Crippen molar-refractivity contribution in [3.8, 4) is 0 Å². The summed E-state index contributed by atoms with van der Waals surface area (Å²) in [6, 6.07) is 12.1. The van der Waals surface area contributed by atoms with Crippen molar-refractivity contribution < 1.29 is 9.18 Å². The molecule has 110 valence electrons. The fourth-order valence-corrected chi connectivity index (χ4v) is 2.01. The minimum atomic E-state index is -0.609. The van der Waals surface area contributed by atoms with E-state index < -0.39 is 11.7 Å². The van der Waals surface area contributed by atoms with Gasteiger partial charge < -0.3 is 11.1 Å². The van der Waals surface area contributed by atoms with E-state index in [1.54, 1.807) is 0 Å². The SMILES string of the molecule is CC(C)c1ccc(CNC(=O)c2ccc(N)cc2F)cc1. The van der Waals surface area contributed by atoms with Crippen LogP contribution in [0.4, 0.5) is 10.1 Å². The standard InChI is InChI=1S/C17H19FN2O/c1-11(2)13-5-3-12(4-6-13)10-20-17(21)15-8-7-14(19)9-16(15)18/h3-9,11H,10,19H2,1-2H3,(H,20,21). The molecule has 2 aromatic rings. The first-order chi connectivity index (χ1) is 9.97. The number of carbonyl (C=O) groups is 1. The van der Waals surface area contributed by atoms with Crippen LogP contribution in [-0.2, 0) is 6.54 Å². The Hall–Kier alpha value is -2.36. The lowest BCUT2D eigenvalue weighted by Crippen LogP contribution is -2.23. The van der Waals surface area contributed by atoms with E-state index in [0.29, 0.717) is 18.2 Å². The summed E-state index contributed by atoms with van der Waals surface area (Å²) in [5.41, 5.74) is 7.98. The largest absolute Gasteiger partial charge is 0.399 e. The summed E-state index contributed by atoms with van der Waals surface area (Å²) >= 11 is 0. The van der Waals surface area contributed by atoms with E-state index in [-0.39, 0.29) is 5.56 Å². The summed E-state index contributed by atoms with van der Waals surface area (Å²) in [6.07, 6.45) is 0. The second kappa shape index (κ2) is 6.39. The molecule has 2 rings (SSSR count). The second-order valence-electron chi connectivity index (χ2n) is 5.32. The van der Waals surface area contributed by atoms with Crippen molar-refractivity contribution in [3.05, 3.63) is 65.0 Å². The van der Waals surface area contributed by atoms with Gasteiger partial charge in [-0.2, -0.15) is 0 Å². The Morgan fingerprint density at radius 2 is 1.86 bits per heavy atom. The predicted octanol–water partition coefficient (Wildman–Crippen LogP) is 3.46. The van der Waals surface area contributed by atoms with Gasteiger partial charge in [0.2, 0.25) is 0 Å². The number of nitrogens with one attached hydrogen (secondary N) is 1. The van der Waals surface area contributed by atoms with E-state index >= 15 is 0 Å². The third-order valence-corrected chi connectivity index (χ3v) is 3.34. The molecular formula is C17H19FN2O. The van der Waals surface area contributed by atoms with Gasteiger partial charge in [-0.1, -0.05) is 38.1 Å². The molecule has 0 bridgehead atoms. The molecule has 4 heteroatoms. The van der Waals surface area contributed by atoms with Crippen LogP contribution >= 0.6 is 0 Å². The van der Waals surface area contributed by atoms with Crippen molar-refractivity contribution in [2.45, 2.75) is 26.3 Å². The molecule has 0 aliphatic rings. The first-order valence-electron chi connectivity index (χ1n) is 6.89. The minimum Gasteiger partial charge on any atom is -0.399 e. The van der Waals surface area contributed by atoms with Gasteiger partial charge in [-0.05, 0) is 35.2 Å². The predicted molar refractivity (Wildman–Crippen MR) is 82.5 cm³/mol. The summed E-state index contributed by atoms with van der Waals surface area (Å²) < 4.78 is 13.6. The highest BCUT2D eigenvalue weighted by molar-refractivity contribution is 5.94. The van der Waals surface area contributed by atoms with Crippen LogP contribution in [0.3, 0.4) is 0 Å². The fourth-order valence-electron chi connectivity index (χ4n) is 2.01. The molecule has 2 aromatic carbocycles. The Morgan fingerprint density at radius 1 is 1.19 bits per heavy atom. The molecular weight excluding hydrogens is 267 g/mol. The molecule has 0 aliphatic carbocycles. The first-order valence-corrected chi connectivity index (χ1v) is 6.89. The third-order valence-electron chi connectivity index (χ3n) is 3.34. The molecule has 0 unspecified atom stereocenters. The van der Waals surface area contributed by atoms with Gasteiger partial charge in [0.05, 0.1) is 5.56 Å². The number of carbonyl (C=O) groups excluding carboxylic acids is 1. The number of hydrogen-bond donors (Lipinski definition) is 2. The van der Waals surface area contributed by atoms with Crippen molar-refractivity contribution in [3.63, 3.8) is 0 Å². The fraction of sp³-hybridized carbons (Fsp3) is 0.235. The van der Waals surface area contributed by atoms with Crippen molar-refractivity contribution in [2.24, 2.45) is 0 Å². The number of hydrogen-bond acceptors (Lipinski definition) is 2. The smallest absolute Gasteiger partial charge is 0.254 e. The van der Waals surface area contributed by atoms with E-state index in [9.17, 15) is 9.18 Å². The van der Waals surface area contributed by atoms with E-state index in [1.807, 2.05) is 24.3 Å². The minimum absolute atomic E-state index is 0.00278. The molecule has 3 N–H and O–H groups in total. The Kier molecular flexibility index (Phi) is 4.58. The van der Waals surface area contributed by atoms with Crippen molar-refractivity contribution in [1.29, 1.82) is 0 Å². The van der Waals surface area contributed by atoms with E-state index in [0.717, 1.165) is 11.6 Å². The van der Waals surface area contributed by atoms with Crippen LogP contribution in [0.5, 0.6) is 0 Å². The average Bonchev–Trinajstić information content (AvgIpc) is 2.45. The molecule has 1 amide bonds. The Bertz CT molecular complexity index is 636. The highest BCUT2D eigenvalue weighted by atomic mass is 19.1. The molecule has 0 heterocycles. The Labute approximate surface area is 124 Å². The van der Waals surface area contributed by atoms with Crippen LogP contribution in [-0.4, -0.2) is 5.91 Å². The van der Waals surface area contributed by atoms with Crippen molar-refractivity contribution in [1.82, 2.24) is 5.32 Å². The quantitative estimate of drug-likeness (QED) is 0.846. The highest BCUT2D eigenvalue weighted by Gasteiger charge is 2.11. The molecule has 0 spiro atoms. The lowest BCUT2D eigenvalue weighted by atomic mass is 10.0. The topological polar surface area (TPSA) is 55.1 Å². The lowest BCUT2D eigenvalue weighted by Gasteiger charge is -2.09.